The molecular weight excluding hydrogens is 500 g/mol. The van der Waals surface area contributed by atoms with E-state index < -0.39 is 6.10 Å². The van der Waals surface area contributed by atoms with Crippen LogP contribution in [0.2, 0.25) is 0 Å². The van der Waals surface area contributed by atoms with E-state index in [0.717, 1.165) is 27.6 Å². The lowest BCUT2D eigenvalue weighted by atomic mass is 10.1. The first-order valence-corrected chi connectivity index (χ1v) is 8.55. The average molecular weight is 506 g/mol. The van der Waals surface area contributed by atoms with Crippen LogP contribution in [-0.4, -0.2) is 5.11 Å². The van der Waals surface area contributed by atoms with E-state index in [2.05, 4.69) is 63.7 Å². The van der Waals surface area contributed by atoms with Gasteiger partial charge in [-0.25, -0.2) is 0 Å². The Labute approximate surface area is 137 Å². The van der Waals surface area contributed by atoms with E-state index in [1.807, 2.05) is 24.3 Å². The van der Waals surface area contributed by atoms with E-state index in [4.69, 9.17) is 0 Å². The number of thiophene rings is 1. The molecule has 0 amide bonds. The molecule has 0 saturated carbocycles. The Bertz CT molecular complexity index is 513. The molecule has 2 aromatic rings. The number of halogens is 4. The largest absolute Gasteiger partial charge is 0.383 e. The minimum atomic E-state index is -0.614. The highest BCUT2D eigenvalue weighted by Gasteiger charge is 2.16. The summed E-state index contributed by atoms with van der Waals surface area (Å²) >= 11 is 15.2. The van der Waals surface area contributed by atoms with Gasteiger partial charge < -0.3 is 5.11 Å². The Morgan fingerprint density at radius 3 is 2.00 bits per heavy atom. The first-order valence-electron chi connectivity index (χ1n) is 4.56. The molecule has 90 valence electrons. The number of aliphatic hydroxyl groups excluding tert-OH is 1. The second-order valence-corrected chi connectivity index (χ2v) is 8.46. The van der Waals surface area contributed by atoms with Crippen LogP contribution in [0.25, 0.3) is 0 Å². The zero-order chi connectivity index (χ0) is 12.6. The summed E-state index contributed by atoms with van der Waals surface area (Å²) in [6.07, 6.45) is -0.614. The van der Waals surface area contributed by atoms with Gasteiger partial charge in [-0.1, -0.05) is 31.9 Å². The molecule has 0 spiro atoms. The van der Waals surface area contributed by atoms with Gasteiger partial charge in [0.2, 0.25) is 0 Å². The fourth-order valence-electron chi connectivity index (χ4n) is 1.40. The lowest BCUT2D eigenvalue weighted by Crippen LogP contribution is -1.96. The van der Waals surface area contributed by atoms with Crippen LogP contribution in [0.5, 0.6) is 0 Å². The molecule has 1 nitrogen and oxygen atoms in total. The molecule has 1 atom stereocenters. The predicted octanol–water partition coefficient (Wildman–Crippen LogP) is 5.88. The molecule has 17 heavy (non-hydrogen) atoms. The molecule has 0 aliphatic heterocycles. The first kappa shape index (κ1) is 14.2. The van der Waals surface area contributed by atoms with Crippen molar-refractivity contribution in [3.63, 3.8) is 0 Å². The third-order valence-corrected chi connectivity index (χ3v) is 6.36. The van der Waals surface area contributed by atoms with Gasteiger partial charge >= 0.3 is 0 Å². The van der Waals surface area contributed by atoms with Crippen molar-refractivity contribution in [2.75, 3.05) is 0 Å². The molecule has 2 rings (SSSR count). The highest BCUT2D eigenvalue weighted by Crippen LogP contribution is 2.38. The number of hydrogen-bond donors (Lipinski definition) is 1. The molecule has 0 fully saturated rings. The van der Waals surface area contributed by atoms with Crippen LogP contribution in [0.15, 0.2) is 41.5 Å². The molecule has 0 aliphatic carbocycles. The van der Waals surface area contributed by atoms with Gasteiger partial charge in [0.1, 0.15) is 6.10 Å². The van der Waals surface area contributed by atoms with Gasteiger partial charge in [-0.2, -0.15) is 0 Å². The lowest BCUT2D eigenvalue weighted by molar-refractivity contribution is 0.224. The molecule has 0 saturated heterocycles. The Morgan fingerprint density at radius 1 is 0.941 bits per heavy atom. The van der Waals surface area contributed by atoms with Gasteiger partial charge in [-0.15, -0.1) is 11.3 Å². The molecule has 1 heterocycles. The quantitative estimate of drug-likeness (QED) is 0.540. The van der Waals surface area contributed by atoms with E-state index in [0.29, 0.717) is 0 Å². The SMILES string of the molecule is OC(c1cc(Br)cc(Br)c1)c1cc(Br)c(Br)s1. The Hall–Kier alpha value is 0.800. The zero-order valence-electron chi connectivity index (χ0n) is 8.25. The van der Waals surface area contributed by atoms with Crippen LogP contribution >= 0.6 is 75.1 Å². The third-order valence-electron chi connectivity index (χ3n) is 2.13. The zero-order valence-corrected chi connectivity index (χ0v) is 15.4. The summed E-state index contributed by atoms with van der Waals surface area (Å²) in [5.41, 5.74) is 0.854. The van der Waals surface area contributed by atoms with Gasteiger partial charge in [-0.05, 0) is 61.7 Å². The van der Waals surface area contributed by atoms with Crippen molar-refractivity contribution >= 4 is 75.1 Å². The van der Waals surface area contributed by atoms with Crippen LogP contribution in [-0.2, 0) is 0 Å². The smallest absolute Gasteiger partial charge is 0.113 e. The van der Waals surface area contributed by atoms with Crippen molar-refractivity contribution in [2.24, 2.45) is 0 Å². The van der Waals surface area contributed by atoms with Crippen molar-refractivity contribution in [2.45, 2.75) is 6.10 Å². The van der Waals surface area contributed by atoms with Gasteiger partial charge in [-0.3, -0.25) is 0 Å². The van der Waals surface area contributed by atoms with Crippen molar-refractivity contribution in [3.8, 4) is 0 Å². The number of benzene rings is 1. The maximum atomic E-state index is 10.3. The second kappa shape index (κ2) is 5.84. The van der Waals surface area contributed by atoms with Crippen molar-refractivity contribution in [3.05, 3.63) is 51.9 Å². The molecule has 1 aromatic carbocycles. The number of hydrogen-bond acceptors (Lipinski definition) is 2. The Morgan fingerprint density at radius 2 is 1.53 bits per heavy atom. The molecule has 1 N–H and O–H groups in total. The highest BCUT2D eigenvalue weighted by atomic mass is 79.9. The van der Waals surface area contributed by atoms with Crippen LogP contribution in [0, 0.1) is 0 Å². The summed E-state index contributed by atoms with van der Waals surface area (Å²) in [4.78, 5) is 0.897. The predicted molar refractivity (Wildman–Crippen MR) is 85.6 cm³/mol. The summed E-state index contributed by atoms with van der Waals surface area (Å²) in [5.74, 6) is 0. The van der Waals surface area contributed by atoms with Crippen LogP contribution in [0.3, 0.4) is 0 Å². The maximum Gasteiger partial charge on any atom is 0.113 e. The molecule has 1 unspecified atom stereocenters. The molecule has 0 bridgehead atoms. The standard InChI is InChI=1S/C11H6Br4OS/c12-6-1-5(2-7(13)3-6)10(16)9-4-8(14)11(15)17-9/h1-4,10,16H. The summed E-state index contributed by atoms with van der Waals surface area (Å²) in [5, 5.41) is 10.3. The van der Waals surface area contributed by atoms with Gasteiger partial charge in [0.25, 0.3) is 0 Å². The first-order chi connectivity index (χ1) is 7.97. The molecular formula is C11H6Br4OS. The summed E-state index contributed by atoms with van der Waals surface area (Å²) < 4.78 is 3.83. The number of aliphatic hydroxyl groups is 1. The molecule has 0 aliphatic rings. The minimum absolute atomic E-state index is 0.614. The minimum Gasteiger partial charge on any atom is -0.383 e. The van der Waals surface area contributed by atoms with E-state index in [9.17, 15) is 5.11 Å². The monoisotopic (exact) mass is 502 g/mol. The van der Waals surface area contributed by atoms with Crippen LogP contribution in [0.4, 0.5) is 0 Å². The summed E-state index contributed by atoms with van der Waals surface area (Å²) in [6.45, 7) is 0. The lowest BCUT2D eigenvalue weighted by Gasteiger charge is -2.09. The second-order valence-electron chi connectivity index (χ2n) is 3.38. The van der Waals surface area contributed by atoms with Crippen molar-refractivity contribution in [1.29, 1.82) is 0 Å². The van der Waals surface area contributed by atoms with Crippen LogP contribution < -0.4 is 0 Å². The van der Waals surface area contributed by atoms with E-state index in [-0.39, 0.29) is 0 Å². The van der Waals surface area contributed by atoms with E-state index in [1.54, 1.807) is 0 Å². The normalized spacial score (nSPS) is 12.8. The van der Waals surface area contributed by atoms with Gasteiger partial charge in [0.05, 0.1) is 3.79 Å². The molecule has 1 aromatic heterocycles. The fraction of sp³-hybridized carbons (Fsp3) is 0.0909. The van der Waals surface area contributed by atoms with Gasteiger partial charge in [0.15, 0.2) is 0 Å². The van der Waals surface area contributed by atoms with Gasteiger partial charge in [0, 0.05) is 18.3 Å². The average Bonchev–Trinajstić information content (AvgIpc) is 2.57. The summed E-state index contributed by atoms with van der Waals surface area (Å²) in [7, 11) is 0. The molecule has 0 radical (unpaired) electrons. The van der Waals surface area contributed by atoms with Crippen LogP contribution in [0.1, 0.15) is 16.5 Å². The Balaban J connectivity index is 2.39. The maximum absolute atomic E-state index is 10.3. The highest BCUT2D eigenvalue weighted by molar-refractivity contribution is 9.13. The fourth-order valence-corrected chi connectivity index (χ4v) is 4.83. The number of rotatable bonds is 2. The van der Waals surface area contributed by atoms with E-state index in [1.165, 1.54) is 11.3 Å². The van der Waals surface area contributed by atoms with E-state index >= 15 is 0 Å². The topological polar surface area (TPSA) is 20.2 Å². The summed E-state index contributed by atoms with van der Waals surface area (Å²) in [6, 6.07) is 7.69. The Kier molecular flexibility index (Phi) is 4.88. The van der Waals surface area contributed by atoms with Crippen molar-refractivity contribution in [1.82, 2.24) is 0 Å². The van der Waals surface area contributed by atoms with Crippen molar-refractivity contribution < 1.29 is 5.11 Å². The molecule has 6 heteroatoms. The third kappa shape index (κ3) is 3.42.